The summed E-state index contributed by atoms with van der Waals surface area (Å²) in [6.45, 7) is 0. The Bertz CT molecular complexity index is 333. The Morgan fingerprint density at radius 3 is 2.92 bits per heavy atom. The first-order chi connectivity index (χ1) is 5.72. The molecule has 1 aromatic heterocycles. The van der Waals surface area contributed by atoms with Crippen LogP contribution in [0.25, 0.3) is 0 Å². The highest BCUT2D eigenvalue weighted by atomic mass is 32.1. The van der Waals surface area contributed by atoms with E-state index in [-0.39, 0.29) is 0 Å². The van der Waals surface area contributed by atoms with Crippen LogP contribution in [-0.2, 0) is 6.42 Å². The molecule has 1 saturated carbocycles. The number of aliphatic hydroxyl groups is 1. The first-order valence-electron chi connectivity index (χ1n) is 3.92. The van der Waals surface area contributed by atoms with E-state index in [1.807, 2.05) is 11.4 Å². The smallest absolute Gasteiger partial charge is 0.100 e. The molecule has 12 heavy (non-hydrogen) atoms. The zero-order chi connectivity index (χ0) is 8.60. The van der Waals surface area contributed by atoms with Crippen LogP contribution in [-0.4, -0.2) is 10.7 Å². The lowest BCUT2D eigenvalue weighted by Gasteiger charge is -2.02. The van der Waals surface area contributed by atoms with Gasteiger partial charge in [0.05, 0.1) is 11.2 Å². The van der Waals surface area contributed by atoms with Crippen molar-refractivity contribution in [1.82, 2.24) is 0 Å². The van der Waals surface area contributed by atoms with Crippen molar-refractivity contribution in [3.05, 3.63) is 21.9 Å². The Morgan fingerprint density at radius 2 is 2.42 bits per heavy atom. The SMILES string of the molecule is N#Cc1csc(CC2(O)CC2)c1. The minimum atomic E-state index is -0.433. The predicted octanol–water partition coefficient (Wildman–Crippen LogP) is 1.69. The number of hydrogen-bond acceptors (Lipinski definition) is 3. The fourth-order valence-corrected chi connectivity index (χ4v) is 2.12. The summed E-state index contributed by atoms with van der Waals surface area (Å²) in [7, 11) is 0. The van der Waals surface area contributed by atoms with Gasteiger partial charge in [-0.25, -0.2) is 0 Å². The molecule has 0 amide bonds. The maximum absolute atomic E-state index is 9.59. The molecule has 1 aromatic rings. The van der Waals surface area contributed by atoms with Gasteiger partial charge in [-0.15, -0.1) is 11.3 Å². The van der Waals surface area contributed by atoms with Crippen molar-refractivity contribution >= 4 is 11.3 Å². The molecular formula is C9H9NOS. The van der Waals surface area contributed by atoms with Crippen LogP contribution in [0.1, 0.15) is 23.3 Å². The Kier molecular flexibility index (Phi) is 1.67. The van der Waals surface area contributed by atoms with E-state index in [0.717, 1.165) is 24.1 Å². The van der Waals surface area contributed by atoms with Crippen molar-refractivity contribution in [2.75, 3.05) is 0 Å². The average Bonchev–Trinajstić information content (AvgIpc) is 2.63. The highest BCUT2D eigenvalue weighted by Gasteiger charge is 2.40. The van der Waals surface area contributed by atoms with Gasteiger partial charge in [-0.2, -0.15) is 5.26 Å². The second-order valence-electron chi connectivity index (χ2n) is 3.31. The third kappa shape index (κ3) is 1.50. The van der Waals surface area contributed by atoms with Crippen LogP contribution in [0.2, 0.25) is 0 Å². The number of nitriles is 1. The molecule has 0 spiro atoms. The molecule has 1 heterocycles. The van der Waals surface area contributed by atoms with Crippen LogP contribution in [0, 0.1) is 11.3 Å². The second-order valence-corrected chi connectivity index (χ2v) is 4.31. The van der Waals surface area contributed by atoms with Crippen LogP contribution in [0.5, 0.6) is 0 Å². The van der Waals surface area contributed by atoms with Gasteiger partial charge in [-0.1, -0.05) is 0 Å². The lowest BCUT2D eigenvalue weighted by Crippen LogP contribution is -2.09. The van der Waals surface area contributed by atoms with Crippen LogP contribution in [0.4, 0.5) is 0 Å². The first kappa shape index (κ1) is 7.78. The van der Waals surface area contributed by atoms with Gasteiger partial charge in [0.1, 0.15) is 6.07 Å². The van der Waals surface area contributed by atoms with Crippen LogP contribution in [0.3, 0.4) is 0 Å². The zero-order valence-electron chi connectivity index (χ0n) is 6.58. The van der Waals surface area contributed by atoms with Gasteiger partial charge in [0.25, 0.3) is 0 Å². The Morgan fingerprint density at radius 1 is 1.67 bits per heavy atom. The molecule has 0 bridgehead atoms. The molecule has 0 unspecified atom stereocenters. The van der Waals surface area contributed by atoms with Crippen molar-refractivity contribution in [2.45, 2.75) is 24.9 Å². The Balaban J connectivity index is 2.09. The van der Waals surface area contributed by atoms with E-state index in [1.165, 1.54) is 0 Å². The zero-order valence-corrected chi connectivity index (χ0v) is 7.40. The molecule has 0 radical (unpaired) electrons. The van der Waals surface area contributed by atoms with Crippen LogP contribution < -0.4 is 0 Å². The van der Waals surface area contributed by atoms with Gasteiger partial charge >= 0.3 is 0 Å². The van der Waals surface area contributed by atoms with Crippen LogP contribution >= 0.6 is 11.3 Å². The summed E-state index contributed by atoms with van der Waals surface area (Å²) in [6, 6.07) is 3.94. The van der Waals surface area contributed by atoms with Gasteiger partial charge in [0.15, 0.2) is 0 Å². The predicted molar refractivity (Wildman–Crippen MR) is 46.9 cm³/mol. The molecule has 0 atom stereocenters. The molecule has 0 aromatic carbocycles. The largest absolute Gasteiger partial charge is 0.390 e. The number of rotatable bonds is 2. The Labute approximate surface area is 75.1 Å². The van der Waals surface area contributed by atoms with Crippen molar-refractivity contribution in [1.29, 1.82) is 5.26 Å². The second kappa shape index (κ2) is 2.58. The van der Waals surface area contributed by atoms with E-state index in [1.54, 1.807) is 11.3 Å². The molecule has 1 aliphatic carbocycles. The molecule has 1 N–H and O–H groups in total. The van der Waals surface area contributed by atoms with E-state index in [0.29, 0.717) is 5.56 Å². The van der Waals surface area contributed by atoms with Gasteiger partial charge in [0, 0.05) is 16.7 Å². The highest BCUT2D eigenvalue weighted by Crippen LogP contribution is 2.39. The maximum atomic E-state index is 9.59. The molecule has 2 nitrogen and oxygen atoms in total. The van der Waals surface area contributed by atoms with Gasteiger partial charge in [-0.3, -0.25) is 0 Å². The topological polar surface area (TPSA) is 44.0 Å². The van der Waals surface area contributed by atoms with E-state index < -0.39 is 5.60 Å². The maximum Gasteiger partial charge on any atom is 0.100 e. The highest BCUT2D eigenvalue weighted by molar-refractivity contribution is 7.10. The normalized spacial score (nSPS) is 18.7. The van der Waals surface area contributed by atoms with Crippen molar-refractivity contribution in [2.24, 2.45) is 0 Å². The molecule has 0 saturated heterocycles. The van der Waals surface area contributed by atoms with Gasteiger partial charge < -0.3 is 5.11 Å². The average molecular weight is 179 g/mol. The molecule has 1 fully saturated rings. The lowest BCUT2D eigenvalue weighted by atomic mass is 10.2. The van der Waals surface area contributed by atoms with Gasteiger partial charge in [-0.05, 0) is 18.9 Å². The van der Waals surface area contributed by atoms with E-state index >= 15 is 0 Å². The minimum Gasteiger partial charge on any atom is -0.390 e. The molecule has 0 aliphatic heterocycles. The monoisotopic (exact) mass is 179 g/mol. The summed E-state index contributed by atoms with van der Waals surface area (Å²) in [4.78, 5) is 1.12. The number of thiophene rings is 1. The third-order valence-corrected chi connectivity index (χ3v) is 3.05. The Hall–Kier alpha value is -0.850. The van der Waals surface area contributed by atoms with Crippen molar-refractivity contribution in [3.8, 4) is 6.07 Å². The molecule has 1 aliphatic rings. The molecule has 2 rings (SSSR count). The quantitative estimate of drug-likeness (QED) is 0.750. The number of nitrogens with zero attached hydrogens (tertiary/aromatic N) is 1. The first-order valence-corrected chi connectivity index (χ1v) is 4.80. The van der Waals surface area contributed by atoms with E-state index in [4.69, 9.17) is 5.26 Å². The fourth-order valence-electron chi connectivity index (χ4n) is 1.18. The lowest BCUT2D eigenvalue weighted by molar-refractivity contribution is 0.152. The van der Waals surface area contributed by atoms with E-state index in [9.17, 15) is 5.11 Å². The van der Waals surface area contributed by atoms with Crippen molar-refractivity contribution < 1.29 is 5.11 Å². The standard InChI is InChI=1S/C9H9NOS/c10-5-7-3-8(12-6-7)4-9(11)1-2-9/h3,6,11H,1-2,4H2. The minimum absolute atomic E-state index is 0.433. The molecular weight excluding hydrogens is 170 g/mol. The summed E-state index contributed by atoms with van der Waals surface area (Å²) in [6.07, 6.45) is 2.54. The van der Waals surface area contributed by atoms with Gasteiger partial charge in [0.2, 0.25) is 0 Å². The summed E-state index contributed by atoms with van der Waals surface area (Å²) >= 11 is 1.56. The van der Waals surface area contributed by atoms with Crippen molar-refractivity contribution in [3.63, 3.8) is 0 Å². The number of hydrogen-bond donors (Lipinski definition) is 1. The summed E-state index contributed by atoms with van der Waals surface area (Å²) in [5.74, 6) is 0. The molecule has 62 valence electrons. The third-order valence-electron chi connectivity index (χ3n) is 2.11. The summed E-state index contributed by atoms with van der Waals surface area (Å²) in [5.41, 5.74) is 0.275. The van der Waals surface area contributed by atoms with E-state index in [2.05, 4.69) is 6.07 Å². The summed E-state index contributed by atoms with van der Waals surface area (Å²) < 4.78 is 0. The fraction of sp³-hybridized carbons (Fsp3) is 0.444. The summed E-state index contributed by atoms with van der Waals surface area (Å²) in [5, 5.41) is 20.0. The van der Waals surface area contributed by atoms with Crippen LogP contribution in [0.15, 0.2) is 11.4 Å². The molecule has 3 heteroatoms.